The van der Waals surface area contributed by atoms with E-state index in [1.807, 2.05) is 66.5 Å². The first kappa shape index (κ1) is 28.4. The fourth-order valence-electron chi connectivity index (χ4n) is 6.13. The van der Waals surface area contributed by atoms with Gasteiger partial charge in [-0.25, -0.2) is 4.79 Å². The van der Waals surface area contributed by atoms with Crippen molar-refractivity contribution < 1.29 is 24.2 Å². The predicted molar refractivity (Wildman–Crippen MR) is 156 cm³/mol. The van der Waals surface area contributed by atoms with E-state index in [-0.39, 0.29) is 19.1 Å². The van der Waals surface area contributed by atoms with Gasteiger partial charge in [-0.1, -0.05) is 91.7 Å². The largest absolute Gasteiger partial charge is 0.481 e. The summed E-state index contributed by atoms with van der Waals surface area (Å²) in [5, 5.41) is 15.4. The highest BCUT2D eigenvalue weighted by atomic mass is 16.5. The minimum atomic E-state index is -0.921. The maximum Gasteiger partial charge on any atom is 0.407 e. The maximum atomic E-state index is 13.5. The zero-order valence-corrected chi connectivity index (χ0v) is 23.3. The highest BCUT2D eigenvalue weighted by Gasteiger charge is 2.35. The Hall–Kier alpha value is -4.17. The van der Waals surface area contributed by atoms with Crippen molar-refractivity contribution >= 4 is 18.0 Å². The molecule has 3 aromatic rings. The molecule has 0 heterocycles. The second-order valence-electron chi connectivity index (χ2n) is 11.0. The first-order valence-corrected chi connectivity index (χ1v) is 14.3. The van der Waals surface area contributed by atoms with Crippen LogP contribution >= 0.6 is 0 Å². The summed E-state index contributed by atoms with van der Waals surface area (Å²) in [7, 11) is 1.88. The van der Waals surface area contributed by atoms with Crippen molar-refractivity contribution in [3.63, 3.8) is 0 Å². The number of benzene rings is 3. The number of nitrogens with zero attached hydrogens (tertiary/aromatic N) is 1. The van der Waals surface area contributed by atoms with Crippen molar-refractivity contribution in [2.45, 2.75) is 50.2 Å². The zero-order valence-electron chi connectivity index (χ0n) is 23.3. The summed E-state index contributed by atoms with van der Waals surface area (Å²) >= 11 is 0. The van der Waals surface area contributed by atoms with E-state index in [4.69, 9.17) is 4.74 Å². The molecule has 8 nitrogen and oxygen atoms in total. The Bertz CT molecular complexity index is 1330. The number of ether oxygens (including phenoxy) is 1. The van der Waals surface area contributed by atoms with Crippen LogP contribution in [-0.4, -0.2) is 60.3 Å². The Morgan fingerprint density at radius 2 is 1.51 bits per heavy atom. The molecule has 0 spiro atoms. The number of fused-ring (bicyclic) bond motifs is 3. The molecule has 1 fully saturated rings. The number of rotatable bonds is 10. The summed E-state index contributed by atoms with van der Waals surface area (Å²) in [5.41, 5.74) is 5.56. The molecule has 41 heavy (non-hydrogen) atoms. The average Bonchev–Trinajstić information content (AvgIpc) is 3.30. The summed E-state index contributed by atoms with van der Waals surface area (Å²) in [6, 6.07) is 24.7. The molecule has 0 aromatic heterocycles. The molecule has 5 rings (SSSR count). The minimum Gasteiger partial charge on any atom is -0.481 e. The van der Waals surface area contributed by atoms with Gasteiger partial charge in [-0.15, -0.1) is 0 Å². The highest BCUT2D eigenvalue weighted by molar-refractivity contribution is 5.87. The number of likely N-dealkylation sites (N-methyl/N-ethyl adjacent to an activating group) is 1. The number of hydrogen-bond acceptors (Lipinski definition) is 5. The van der Waals surface area contributed by atoms with Crippen molar-refractivity contribution in [2.75, 3.05) is 20.2 Å². The number of alkyl carbamates (subject to hydrolysis) is 1. The molecular formula is C33H37N3O5. The lowest BCUT2D eigenvalue weighted by Crippen LogP contribution is -2.56. The molecule has 3 aromatic carbocycles. The quantitative estimate of drug-likeness (QED) is 0.332. The third-order valence-corrected chi connectivity index (χ3v) is 8.15. The number of aliphatic carboxylic acids is 1. The second-order valence-corrected chi connectivity index (χ2v) is 11.0. The van der Waals surface area contributed by atoms with E-state index >= 15 is 0 Å². The van der Waals surface area contributed by atoms with Crippen LogP contribution in [0.3, 0.4) is 0 Å². The molecule has 2 aliphatic rings. The fraction of sp³-hybridized carbons (Fsp3) is 0.364. The van der Waals surface area contributed by atoms with E-state index < -0.39 is 36.0 Å². The number of hydrogen-bond donors (Lipinski definition) is 3. The Labute approximate surface area is 240 Å². The fourth-order valence-corrected chi connectivity index (χ4v) is 6.13. The summed E-state index contributed by atoms with van der Waals surface area (Å²) in [4.78, 5) is 40.4. The lowest BCUT2D eigenvalue weighted by molar-refractivity contribution is -0.144. The molecule has 0 radical (unpaired) electrons. The van der Waals surface area contributed by atoms with Crippen LogP contribution in [0, 0.1) is 5.92 Å². The summed E-state index contributed by atoms with van der Waals surface area (Å²) in [6.45, 7) is 0.950. The number of carboxylic acids is 1. The second kappa shape index (κ2) is 13.0. The van der Waals surface area contributed by atoms with Gasteiger partial charge in [0.1, 0.15) is 12.6 Å². The monoisotopic (exact) mass is 555 g/mol. The van der Waals surface area contributed by atoms with Gasteiger partial charge in [-0.2, -0.15) is 0 Å². The van der Waals surface area contributed by atoms with Gasteiger partial charge >= 0.3 is 12.1 Å². The van der Waals surface area contributed by atoms with Crippen LogP contribution in [0.2, 0.25) is 0 Å². The van der Waals surface area contributed by atoms with E-state index in [0.29, 0.717) is 19.4 Å². The molecule has 3 N–H and O–H groups in total. The summed E-state index contributed by atoms with van der Waals surface area (Å²) in [5.74, 6) is -2.04. The van der Waals surface area contributed by atoms with E-state index in [1.54, 1.807) is 0 Å². The first-order chi connectivity index (χ1) is 19.9. The van der Waals surface area contributed by atoms with E-state index in [2.05, 4.69) is 34.9 Å². The highest BCUT2D eigenvalue weighted by Crippen LogP contribution is 2.44. The molecule has 2 aliphatic carbocycles. The standard InChI is InChI=1S/C33H37N3O5/c1-36(19-22-11-3-2-4-12-22)20-30(31(37)34-29-18-10-9-17-27(29)32(38)39)35-33(40)41-21-28-25-15-7-5-13-23(25)24-14-6-8-16-26(24)28/h2-8,11-16,27-30H,9-10,17-21H2,1H3,(H,34,37)(H,35,40)(H,38,39). The predicted octanol–water partition coefficient (Wildman–Crippen LogP) is 4.79. The molecule has 3 unspecified atom stereocenters. The van der Waals surface area contributed by atoms with Crippen molar-refractivity contribution in [2.24, 2.45) is 5.92 Å². The normalized spacial score (nSPS) is 18.7. The average molecular weight is 556 g/mol. The van der Waals surface area contributed by atoms with E-state index in [9.17, 15) is 19.5 Å². The van der Waals surface area contributed by atoms with Gasteiger partial charge in [0.05, 0.1) is 5.92 Å². The minimum absolute atomic E-state index is 0.0975. The molecular weight excluding hydrogens is 518 g/mol. The van der Waals surface area contributed by atoms with Crippen molar-refractivity contribution in [1.29, 1.82) is 0 Å². The molecule has 2 amide bonds. The van der Waals surface area contributed by atoms with Gasteiger partial charge in [0.25, 0.3) is 0 Å². The lowest BCUT2D eigenvalue weighted by atomic mass is 9.84. The van der Waals surface area contributed by atoms with Crippen LogP contribution in [0.25, 0.3) is 11.1 Å². The smallest absolute Gasteiger partial charge is 0.407 e. The molecule has 3 atom stereocenters. The molecule has 0 bridgehead atoms. The number of carbonyl (C=O) groups excluding carboxylic acids is 2. The molecule has 0 aliphatic heterocycles. The Balaban J connectivity index is 1.27. The lowest BCUT2D eigenvalue weighted by Gasteiger charge is -2.31. The van der Waals surface area contributed by atoms with Gasteiger partial charge in [0.2, 0.25) is 5.91 Å². The number of amides is 2. The number of carboxylic acid groups (broad SMARTS) is 1. The third kappa shape index (κ3) is 6.77. The summed E-state index contributed by atoms with van der Waals surface area (Å²) in [6.07, 6.45) is 2.12. The summed E-state index contributed by atoms with van der Waals surface area (Å²) < 4.78 is 5.73. The maximum absolute atomic E-state index is 13.5. The zero-order chi connectivity index (χ0) is 28.8. The Morgan fingerprint density at radius 1 is 0.902 bits per heavy atom. The van der Waals surface area contributed by atoms with Crippen LogP contribution in [0.1, 0.15) is 48.3 Å². The topological polar surface area (TPSA) is 108 Å². The van der Waals surface area contributed by atoms with Crippen LogP contribution in [0.5, 0.6) is 0 Å². The van der Waals surface area contributed by atoms with Gasteiger partial charge in [0, 0.05) is 25.0 Å². The first-order valence-electron chi connectivity index (χ1n) is 14.3. The molecule has 1 saturated carbocycles. The molecule has 8 heteroatoms. The van der Waals surface area contributed by atoms with Crippen molar-refractivity contribution in [1.82, 2.24) is 15.5 Å². The van der Waals surface area contributed by atoms with Crippen LogP contribution < -0.4 is 10.6 Å². The van der Waals surface area contributed by atoms with Gasteiger partial charge in [0.15, 0.2) is 0 Å². The van der Waals surface area contributed by atoms with Gasteiger partial charge < -0.3 is 20.5 Å². The number of carbonyl (C=O) groups is 3. The van der Waals surface area contributed by atoms with Crippen LogP contribution in [0.15, 0.2) is 78.9 Å². The van der Waals surface area contributed by atoms with Crippen molar-refractivity contribution in [3.8, 4) is 11.1 Å². The van der Waals surface area contributed by atoms with Gasteiger partial charge in [-0.3, -0.25) is 14.5 Å². The van der Waals surface area contributed by atoms with Crippen LogP contribution in [0.4, 0.5) is 4.79 Å². The molecule has 214 valence electrons. The van der Waals surface area contributed by atoms with Gasteiger partial charge in [-0.05, 0) is 47.7 Å². The SMILES string of the molecule is CN(Cc1ccccc1)CC(NC(=O)OCC1c2ccccc2-c2ccccc21)C(=O)NC1CCCCC1C(=O)O. The van der Waals surface area contributed by atoms with Crippen LogP contribution in [-0.2, 0) is 20.9 Å². The number of nitrogens with one attached hydrogen (secondary N) is 2. The Kier molecular flexibility index (Phi) is 8.99. The van der Waals surface area contributed by atoms with E-state index in [0.717, 1.165) is 40.7 Å². The van der Waals surface area contributed by atoms with Crippen molar-refractivity contribution in [3.05, 3.63) is 95.6 Å². The molecule has 0 saturated heterocycles. The third-order valence-electron chi connectivity index (χ3n) is 8.15. The Morgan fingerprint density at radius 3 is 2.17 bits per heavy atom. The van der Waals surface area contributed by atoms with E-state index in [1.165, 1.54) is 0 Å².